The largest absolute Gasteiger partial charge is 0.464 e. The number of carbonyl (C=O) groups excluding carboxylic acids is 2. The van der Waals surface area contributed by atoms with Crippen LogP contribution in [0, 0.1) is 17.2 Å². The molecule has 44 heavy (non-hydrogen) atoms. The highest BCUT2D eigenvalue weighted by atomic mass is 35.5. The Labute approximate surface area is 270 Å². The number of nitrogens with zero attached hydrogens (tertiary/aromatic N) is 2. The molecule has 0 saturated carbocycles. The maximum absolute atomic E-state index is 12.5. The minimum atomic E-state index is -0.696. The first-order valence-electron chi connectivity index (χ1n) is 15.2. The van der Waals surface area contributed by atoms with E-state index >= 15 is 0 Å². The van der Waals surface area contributed by atoms with E-state index in [-0.39, 0.29) is 30.7 Å². The van der Waals surface area contributed by atoms with Gasteiger partial charge in [-0.25, -0.2) is 4.79 Å². The fourth-order valence-corrected chi connectivity index (χ4v) is 5.39. The van der Waals surface area contributed by atoms with E-state index in [1.807, 2.05) is 42.2 Å². The van der Waals surface area contributed by atoms with Crippen LogP contribution in [0.4, 0.5) is 5.69 Å². The van der Waals surface area contributed by atoms with E-state index < -0.39 is 11.6 Å². The molecule has 1 atom stereocenters. The molecule has 1 aromatic carbocycles. The molecule has 1 N–H and O–H groups in total. The van der Waals surface area contributed by atoms with Gasteiger partial charge in [0.15, 0.2) is 0 Å². The number of rotatable bonds is 21. The van der Waals surface area contributed by atoms with Gasteiger partial charge in [-0.05, 0) is 69.7 Å². The Morgan fingerprint density at radius 2 is 1.77 bits per heavy atom. The van der Waals surface area contributed by atoms with Gasteiger partial charge in [-0.1, -0.05) is 25.8 Å². The van der Waals surface area contributed by atoms with Crippen LogP contribution in [-0.2, 0) is 28.5 Å². The van der Waals surface area contributed by atoms with Crippen molar-refractivity contribution in [1.82, 2.24) is 0 Å². The first-order chi connectivity index (χ1) is 21.1. The van der Waals surface area contributed by atoms with Gasteiger partial charge in [-0.15, -0.1) is 22.9 Å². The third kappa shape index (κ3) is 14.4. The molecule has 9 nitrogen and oxygen atoms in total. The van der Waals surface area contributed by atoms with Gasteiger partial charge in [0.25, 0.3) is 0 Å². The van der Waals surface area contributed by atoms with Crippen molar-refractivity contribution in [3.8, 4) is 6.07 Å². The number of aliphatic hydroxyl groups is 1. The zero-order chi connectivity index (χ0) is 32.4. The molecule has 244 valence electrons. The van der Waals surface area contributed by atoms with Crippen LogP contribution in [0.5, 0.6) is 0 Å². The molecule has 0 radical (unpaired) electrons. The van der Waals surface area contributed by atoms with Crippen molar-refractivity contribution in [3.05, 3.63) is 34.7 Å². The second-order valence-corrected chi connectivity index (χ2v) is 12.9. The van der Waals surface area contributed by atoms with E-state index in [1.165, 1.54) is 17.4 Å². The Balaban J connectivity index is 1.82. The molecule has 0 saturated heterocycles. The van der Waals surface area contributed by atoms with E-state index in [0.29, 0.717) is 45.2 Å². The van der Waals surface area contributed by atoms with Crippen molar-refractivity contribution < 1.29 is 33.6 Å². The number of hydrogen-bond donors (Lipinski definition) is 1. The number of aliphatic hydroxyl groups excluding tert-OH is 1. The van der Waals surface area contributed by atoms with Crippen molar-refractivity contribution in [2.45, 2.75) is 65.4 Å². The number of esters is 2. The zero-order valence-corrected chi connectivity index (χ0v) is 28.0. The number of nitriles is 1. The smallest absolute Gasteiger partial charge is 0.349 e. The summed E-state index contributed by atoms with van der Waals surface area (Å²) in [6, 6.07) is 9.71. The van der Waals surface area contributed by atoms with Crippen LogP contribution in [0.2, 0.25) is 0 Å². The minimum Gasteiger partial charge on any atom is -0.464 e. The Bertz CT molecular complexity index is 1230. The molecule has 0 amide bonds. The molecule has 11 heteroatoms. The molecule has 0 bridgehead atoms. The van der Waals surface area contributed by atoms with Gasteiger partial charge in [-0.2, -0.15) is 5.26 Å². The highest BCUT2D eigenvalue weighted by Gasteiger charge is 2.20. The van der Waals surface area contributed by atoms with Crippen molar-refractivity contribution in [1.29, 1.82) is 5.26 Å². The molecular weight excluding hydrogens is 604 g/mol. The van der Waals surface area contributed by atoms with E-state index in [1.54, 1.807) is 20.8 Å². The molecule has 0 aliphatic heterocycles. The number of hydrogen-bond acceptors (Lipinski definition) is 10. The second kappa shape index (κ2) is 20.4. The lowest BCUT2D eigenvalue weighted by Crippen LogP contribution is -2.31. The second-order valence-electron chi connectivity index (χ2n) is 11.4. The predicted octanol–water partition coefficient (Wildman–Crippen LogP) is 6.35. The number of carbonyl (C=O) groups is 2. The van der Waals surface area contributed by atoms with Gasteiger partial charge in [0.1, 0.15) is 23.9 Å². The monoisotopic (exact) mass is 650 g/mol. The number of benzene rings is 1. The van der Waals surface area contributed by atoms with Crippen LogP contribution >= 0.6 is 22.9 Å². The average molecular weight is 651 g/mol. The van der Waals surface area contributed by atoms with E-state index in [4.69, 9.17) is 30.5 Å². The zero-order valence-electron chi connectivity index (χ0n) is 26.4. The number of alkyl halides is 1. The Kier molecular flexibility index (Phi) is 17.4. The highest BCUT2D eigenvalue weighted by Crippen LogP contribution is 2.31. The van der Waals surface area contributed by atoms with E-state index in [9.17, 15) is 20.0 Å². The summed E-state index contributed by atoms with van der Waals surface area (Å²) in [4.78, 5) is 27.6. The van der Waals surface area contributed by atoms with Gasteiger partial charge in [-0.3, -0.25) is 4.79 Å². The summed E-state index contributed by atoms with van der Waals surface area (Å²) >= 11 is 7.11. The number of halogens is 1. The SMILES string of the molecule is CC(CCOCCOCCCCCCCl)C(=O)OCCN(CCO)c1ccc2cc(/C=C(\C#N)C(=O)OC(C)(C)C)sc2c1. The lowest BCUT2D eigenvalue weighted by Gasteiger charge is -2.24. The standard InChI is InChI=1S/C33H47ClN2O7S/c1-25(11-17-41-20-19-40-16-8-6-5-7-12-34)31(38)42-18-14-36(13-15-37)28-10-9-26-21-29(44-30(26)23-28)22-27(24-35)32(39)43-33(2,3)4/h9-10,21-23,25,37H,5-8,11-20H2,1-4H3/b27-22+. The number of ether oxygens (including phenoxy) is 4. The van der Waals surface area contributed by atoms with E-state index in [0.717, 1.165) is 52.9 Å². The van der Waals surface area contributed by atoms with Gasteiger partial charge in [0, 0.05) is 40.9 Å². The molecule has 2 aromatic rings. The van der Waals surface area contributed by atoms with Gasteiger partial charge in [0.05, 0.1) is 32.3 Å². The van der Waals surface area contributed by atoms with Gasteiger partial charge < -0.3 is 29.0 Å². The molecule has 2 rings (SSSR count). The Hall–Kier alpha value is -2.68. The quantitative estimate of drug-likeness (QED) is 0.0542. The van der Waals surface area contributed by atoms with Crippen molar-refractivity contribution in [2.75, 3.05) is 63.5 Å². The predicted molar refractivity (Wildman–Crippen MR) is 176 cm³/mol. The van der Waals surface area contributed by atoms with Crippen LogP contribution in [0.15, 0.2) is 29.8 Å². The lowest BCUT2D eigenvalue weighted by atomic mass is 10.1. The molecule has 0 fully saturated rings. The maximum atomic E-state index is 12.5. The molecule has 1 aromatic heterocycles. The highest BCUT2D eigenvalue weighted by molar-refractivity contribution is 7.19. The number of fused-ring (bicyclic) bond motifs is 1. The summed E-state index contributed by atoms with van der Waals surface area (Å²) in [6.45, 7) is 10.2. The average Bonchev–Trinajstić information content (AvgIpc) is 3.38. The first kappa shape index (κ1) is 37.5. The maximum Gasteiger partial charge on any atom is 0.349 e. The summed E-state index contributed by atoms with van der Waals surface area (Å²) in [5.41, 5.74) is 0.107. The topological polar surface area (TPSA) is 118 Å². The molecule has 1 unspecified atom stereocenters. The molecule has 1 heterocycles. The Morgan fingerprint density at radius 3 is 2.45 bits per heavy atom. The van der Waals surface area contributed by atoms with Crippen LogP contribution < -0.4 is 4.90 Å². The van der Waals surface area contributed by atoms with Crippen LogP contribution in [0.25, 0.3) is 16.2 Å². The number of anilines is 1. The lowest BCUT2D eigenvalue weighted by molar-refractivity contribution is -0.149. The van der Waals surface area contributed by atoms with Crippen molar-refractivity contribution >= 4 is 56.7 Å². The summed E-state index contributed by atoms with van der Waals surface area (Å²) in [6.07, 6.45) is 6.42. The van der Waals surface area contributed by atoms with E-state index in [2.05, 4.69) is 0 Å². The van der Waals surface area contributed by atoms with Gasteiger partial charge >= 0.3 is 11.9 Å². The third-order valence-corrected chi connectivity index (χ3v) is 7.84. The molecular formula is C33H47ClN2O7S. The van der Waals surface area contributed by atoms with Crippen molar-refractivity contribution in [3.63, 3.8) is 0 Å². The van der Waals surface area contributed by atoms with Crippen molar-refractivity contribution in [2.24, 2.45) is 5.92 Å². The van der Waals surface area contributed by atoms with Crippen LogP contribution in [0.1, 0.15) is 64.7 Å². The summed E-state index contributed by atoms with van der Waals surface area (Å²) in [5, 5.41) is 20.1. The first-order valence-corrected chi connectivity index (χ1v) is 16.6. The van der Waals surface area contributed by atoms with Crippen LogP contribution in [0.3, 0.4) is 0 Å². The number of thiophene rings is 1. The number of unbranched alkanes of at least 4 members (excludes halogenated alkanes) is 3. The molecule has 0 aliphatic rings. The fourth-order valence-electron chi connectivity index (χ4n) is 4.16. The summed E-state index contributed by atoms with van der Waals surface area (Å²) in [7, 11) is 0. The fraction of sp³-hybridized carbons (Fsp3) is 0.606. The molecule has 0 aliphatic carbocycles. The minimum absolute atomic E-state index is 0.0582. The normalized spacial score (nSPS) is 12.6. The summed E-state index contributed by atoms with van der Waals surface area (Å²) in [5.74, 6) is -0.525. The van der Waals surface area contributed by atoms with Gasteiger partial charge in [0.2, 0.25) is 0 Å². The van der Waals surface area contributed by atoms with Crippen LogP contribution in [-0.4, -0.2) is 81.3 Å². The third-order valence-electron chi connectivity index (χ3n) is 6.53. The Morgan fingerprint density at radius 1 is 1.05 bits per heavy atom. The molecule has 0 spiro atoms. The summed E-state index contributed by atoms with van der Waals surface area (Å²) < 4.78 is 23.0.